The first-order valence-corrected chi connectivity index (χ1v) is 15.1. The van der Waals surface area contributed by atoms with Gasteiger partial charge in [0.2, 0.25) is 11.8 Å². The number of hydrogen-bond acceptors (Lipinski definition) is 6. The summed E-state index contributed by atoms with van der Waals surface area (Å²) >= 11 is 5.40. The molecule has 4 rings (SSSR count). The van der Waals surface area contributed by atoms with E-state index in [9.17, 15) is 19.5 Å². The molecule has 3 heterocycles. The molecule has 0 saturated carbocycles. The molecule has 0 aliphatic carbocycles. The number of alkyl halides is 1. The summed E-state index contributed by atoms with van der Waals surface area (Å²) < 4.78 is 4.87. The Morgan fingerprint density at radius 2 is 1.97 bits per heavy atom. The Balaban J connectivity index is 1.68. The Morgan fingerprint density at radius 3 is 2.66 bits per heavy atom. The summed E-state index contributed by atoms with van der Waals surface area (Å²) in [7, 11) is 0. The number of aliphatic hydroxyl groups is 1. The van der Waals surface area contributed by atoms with Crippen molar-refractivity contribution in [3.05, 3.63) is 61.2 Å². The number of likely N-dealkylation sites (tertiary alicyclic amines) is 1. The van der Waals surface area contributed by atoms with Crippen LogP contribution in [-0.4, -0.2) is 79.9 Å². The second-order valence-corrected chi connectivity index (χ2v) is 12.9. The Kier molecular flexibility index (Phi) is 9.76. The number of aliphatic hydroxyl groups excluding tert-OH is 1. The van der Waals surface area contributed by atoms with Gasteiger partial charge in [-0.15, -0.1) is 24.9 Å². The number of fused-ring (bicyclic) bond motifs is 1. The molecular formula is C29H37BrN2O5S. The number of nitrogens with zero attached hydrogens (tertiary/aromatic N) is 2. The summed E-state index contributed by atoms with van der Waals surface area (Å²) in [4.78, 5) is 45.3. The van der Waals surface area contributed by atoms with Crippen molar-refractivity contribution in [1.29, 1.82) is 0 Å². The highest BCUT2D eigenvalue weighted by atomic mass is 79.9. The number of rotatable bonds is 14. The van der Waals surface area contributed by atoms with E-state index in [0.717, 1.165) is 12.0 Å². The van der Waals surface area contributed by atoms with Crippen LogP contribution in [0.3, 0.4) is 0 Å². The Bertz CT molecular complexity index is 1040. The summed E-state index contributed by atoms with van der Waals surface area (Å²) in [5.74, 6) is -1.81. The smallest absolute Gasteiger partial charge is 0.310 e. The molecule has 1 aromatic rings. The second-order valence-electron chi connectivity index (χ2n) is 10.2. The van der Waals surface area contributed by atoms with Crippen LogP contribution in [0, 0.1) is 11.8 Å². The van der Waals surface area contributed by atoms with Gasteiger partial charge in [-0.25, -0.2) is 0 Å². The van der Waals surface area contributed by atoms with E-state index in [1.54, 1.807) is 33.7 Å². The molecule has 3 fully saturated rings. The lowest BCUT2D eigenvalue weighted by molar-refractivity contribution is -0.154. The number of halogens is 1. The van der Waals surface area contributed by atoms with E-state index >= 15 is 0 Å². The van der Waals surface area contributed by atoms with Crippen molar-refractivity contribution in [3.63, 3.8) is 0 Å². The van der Waals surface area contributed by atoms with Crippen molar-refractivity contribution in [2.45, 2.75) is 59.5 Å². The normalized spacial score (nSPS) is 29.3. The standard InChI is InChI=1S/C29H37BrN2O5S/c1-3-5-17-37-28(36)22-23-26(34)32(15-10-7-11-16-33)25(29(23)18-21(30)24(22)38-29)27(35)31(14-4-2)19-20-12-8-6-9-13-20/h3-4,6,8-9,12-13,21-25,33H,1-2,5,7,10-11,14-19H2/t21?,22-,23+,24-,25?,29?/m1/s1. The first-order valence-electron chi connectivity index (χ1n) is 13.3. The third-order valence-electron chi connectivity index (χ3n) is 7.80. The van der Waals surface area contributed by atoms with Gasteiger partial charge in [0.25, 0.3) is 0 Å². The molecule has 38 heavy (non-hydrogen) atoms. The monoisotopic (exact) mass is 604 g/mol. The maximum atomic E-state index is 14.4. The summed E-state index contributed by atoms with van der Waals surface area (Å²) in [5.41, 5.74) is 1.00. The van der Waals surface area contributed by atoms with Gasteiger partial charge in [-0.1, -0.05) is 58.4 Å². The van der Waals surface area contributed by atoms with E-state index < -0.39 is 22.6 Å². The third-order valence-corrected chi connectivity index (χ3v) is 11.0. The van der Waals surface area contributed by atoms with Gasteiger partial charge in [0.15, 0.2) is 0 Å². The minimum atomic E-state index is -0.706. The van der Waals surface area contributed by atoms with Gasteiger partial charge in [0, 0.05) is 36.3 Å². The molecule has 2 bridgehead atoms. The van der Waals surface area contributed by atoms with Gasteiger partial charge in [-0.2, -0.15) is 0 Å². The zero-order valence-corrected chi connectivity index (χ0v) is 24.1. The summed E-state index contributed by atoms with van der Waals surface area (Å²) in [5, 5.41) is 9.10. The molecule has 9 heteroatoms. The van der Waals surface area contributed by atoms with E-state index in [4.69, 9.17) is 4.74 Å². The van der Waals surface area contributed by atoms with Crippen LogP contribution in [0.25, 0.3) is 0 Å². The lowest BCUT2D eigenvalue weighted by Gasteiger charge is -2.38. The lowest BCUT2D eigenvalue weighted by atomic mass is 9.71. The van der Waals surface area contributed by atoms with Crippen molar-refractivity contribution >= 4 is 45.5 Å². The molecule has 1 N–H and O–H groups in total. The van der Waals surface area contributed by atoms with Crippen LogP contribution in [-0.2, 0) is 25.7 Å². The van der Waals surface area contributed by atoms with Crippen LogP contribution in [0.1, 0.15) is 37.7 Å². The molecule has 206 valence electrons. The molecule has 1 spiro atoms. The number of carbonyl (C=O) groups is 3. The van der Waals surface area contributed by atoms with Crippen LogP contribution in [0.2, 0.25) is 0 Å². The molecule has 6 atom stereocenters. The second kappa shape index (κ2) is 12.8. The zero-order valence-electron chi connectivity index (χ0n) is 21.7. The number of esters is 1. The number of carbonyl (C=O) groups excluding carboxylic acids is 3. The Morgan fingerprint density at radius 1 is 1.21 bits per heavy atom. The minimum absolute atomic E-state index is 0.000112. The van der Waals surface area contributed by atoms with Gasteiger partial charge >= 0.3 is 5.97 Å². The molecule has 3 aliphatic rings. The Labute approximate surface area is 237 Å². The lowest BCUT2D eigenvalue weighted by Crippen LogP contribution is -2.55. The fourth-order valence-electron chi connectivity index (χ4n) is 6.19. The van der Waals surface area contributed by atoms with Gasteiger partial charge in [-0.05, 0) is 37.7 Å². The zero-order chi connectivity index (χ0) is 27.3. The first-order chi connectivity index (χ1) is 18.4. The molecule has 1 aromatic carbocycles. The summed E-state index contributed by atoms with van der Waals surface area (Å²) in [6, 6.07) is 9.11. The predicted molar refractivity (Wildman–Crippen MR) is 153 cm³/mol. The fraction of sp³-hybridized carbons (Fsp3) is 0.552. The third kappa shape index (κ3) is 5.47. The van der Waals surface area contributed by atoms with Crippen molar-refractivity contribution < 1.29 is 24.2 Å². The Hall–Kier alpha value is -2.10. The minimum Gasteiger partial charge on any atom is -0.465 e. The van der Waals surface area contributed by atoms with Gasteiger partial charge in [0.05, 0.1) is 23.2 Å². The molecule has 0 radical (unpaired) electrons. The van der Waals surface area contributed by atoms with E-state index in [-0.39, 0.29) is 41.1 Å². The largest absolute Gasteiger partial charge is 0.465 e. The average molecular weight is 606 g/mol. The SMILES string of the molecule is C=CCCOC(=O)[C@H]1[C@@H]2SC3(CC2Br)C(C(=O)N(CC=C)Cc2ccccc2)N(CCCCCO)C(=O)[C@H]13. The van der Waals surface area contributed by atoms with Crippen LogP contribution >= 0.6 is 27.7 Å². The maximum Gasteiger partial charge on any atom is 0.310 e. The number of thioether (sulfide) groups is 1. The fourth-order valence-corrected chi connectivity index (χ4v) is 9.79. The first kappa shape index (κ1) is 28.9. The van der Waals surface area contributed by atoms with Crippen LogP contribution < -0.4 is 0 Å². The van der Waals surface area contributed by atoms with Crippen molar-refractivity contribution in [1.82, 2.24) is 9.80 Å². The highest BCUT2D eigenvalue weighted by Crippen LogP contribution is 2.68. The van der Waals surface area contributed by atoms with Gasteiger partial charge < -0.3 is 19.6 Å². The highest BCUT2D eigenvalue weighted by molar-refractivity contribution is 9.09. The molecular weight excluding hydrogens is 568 g/mol. The molecule has 7 nitrogen and oxygen atoms in total. The topological polar surface area (TPSA) is 87.2 Å². The quantitative estimate of drug-likeness (QED) is 0.150. The number of amides is 2. The average Bonchev–Trinajstić information content (AvgIpc) is 3.50. The molecule has 0 aromatic heterocycles. The number of ether oxygens (including phenoxy) is 1. The van der Waals surface area contributed by atoms with E-state index in [1.807, 2.05) is 30.3 Å². The molecule has 2 amide bonds. The van der Waals surface area contributed by atoms with E-state index in [2.05, 4.69) is 29.1 Å². The van der Waals surface area contributed by atoms with Crippen LogP contribution in [0.5, 0.6) is 0 Å². The van der Waals surface area contributed by atoms with Crippen molar-refractivity contribution in [2.75, 3.05) is 26.3 Å². The molecule has 3 aliphatic heterocycles. The summed E-state index contributed by atoms with van der Waals surface area (Å²) in [6.07, 6.45) is 6.66. The number of benzene rings is 1. The molecule has 3 unspecified atom stereocenters. The van der Waals surface area contributed by atoms with Crippen molar-refractivity contribution in [3.8, 4) is 0 Å². The maximum absolute atomic E-state index is 14.4. The molecule has 3 saturated heterocycles. The van der Waals surface area contributed by atoms with Crippen LogP contribution in [0.15, 0.2) is 55.6 Å². The van der Waals surface area contributed by atoms with E-state index in [0.29, 0.717) is 45.3 Å². The number of unbranched alkanes of at least 4 members (excludes halogenated alkanes) is 2. The predicted octanol–water partition coefficient (Wildman–Crippen LogP) is 3.95. The van der Waals surface area contributed by atoms with Gasteiger partial charge in [-0.3, -0.25) is 14.4 Å². The number of hydrogen-bond donors (Lipinski definition) is 1. The van der Waals surface area contributed by atoms with Crippen molar-refractivity contribution in [2.24, 2.45) is 11.8 Å². The highest BCUT2D eigenvalue weighted by Gasteiger charge is 2.76. The summed E-state index contributed by atoms with van der Waals surface area (Å²) in [6.45, 7) is 9.06. The van der Waals surface area contributed by atoms with Gasteiger partial charge in [0.1, 0.15) is 6.04 Å². The van der Waals surface area contributed by atoms with Crippen LogP contribution in [0.4, 0.5) is 0 Å². The van der Waals surface area contributed by atoms with E-state index in [1.165, 1.54) is 0 Å².